The number of hydrogen-bond donors (Lipinski definition) is 0. The van der Waals surface area contributed by atoms with Crippen LogP contribution >= 0.6 is 15.9 Å². The summed E-state index contributed by atoms with van der Waals surface area (Å²) in [6, 6.07) is 2.13. The Kier molecular flexibility index (Phi) is 8.05. The van der Waals surface area contributed by atoms with Crippen LogP contribution in [0.15, 0.2) is 12.1 Å². The van der Waals surface area contributed by atoms with Crippen LogP contribution in [-0.4, -0.2) is 12.7 Å². The minimum Gasteiger partial charge on any atom is -0.378 e. The van der Waals surface area contributed by atoms with Crippen molar-refractivity contribution in [2.45, 2.75) is 88.0 Å². The van der Waals surface area contributed by atoms with Gasteiger partial charge >= 0.3 is 4.83 Å². The minimum absolute atomic E-state index is 0.0127. The zero-order valence-corrected chi connectivity index (χ0v) is 18.6. The van der Waals surface area contributed by atoms with Crippen molar-refractivity contribution < 1.29 is 22.3 Å². The molecule has 2 fully saturated rings. The van der Waals surface area contributed by atoms with Crippen molar-refractivity contribution in [3.8, 4) is 0 Å². The molecule has 0 bridgehead atoms. The van der Waals surface area contributed by atoms with Gasteiger partial charge in [0.25, 0.3) is 0 Å². The van der Waals surface area contributed by atoms with Gasteiger partial charge in [0.2, 0.25) is 0 Å². The summed E-state index contributed by atoms with van der Waals surface area (Å²) >= 11 is 2.05. The average Bonchev–Trinajstić information content (AvgIpc) is 2.66. The van der Waals surface area contributed by atoms with E-state index in [4.69, 9.17) is 4.74 Å². The maximum absolute atomic E-state index is 14.1. The first-order valence-electron chi connectivity index (χ1n) is 11.0. The molecule has 1 aromatic carbocycles. The summed E-state index contributed by atoms with van der Waals surface area (Å²) < 4.78 is 60.9. The standard InChI is InChI=1S/C23H31BrF4O/c1-2-3-15-4-6-16(7-5-15)14-29-19-10-8-17(9-11-19)18-12-20(25)22(21(26)13-18)23(24,27)28/h12-13,15-17,19H,2-11,14H2,1H3. The van der Waals surface area contributed by atoms with Gasteiger partial charge in [-0.2, -0.15) is 8.78 Å². The van der Waals surface area contributed by atoms with E-state index in [9.17, 15) is 17.6 Å². The largest absolute Gasteiger partial charge is 0.378 e. The predicted octanol–water partition coefficient (Wildman–Crippen LogP) is 8.06. The maximum atomic E-state index is 14.1. The average molecular weight is 479 g/mol. The van der Waals surface area contributed by atoms with Crippen molar-refractivity contribution in [2.24, 2.45) is 11.8 Å². The van der Waals surface area contributed by atoms with Gasteiger partial charge in [-0.05, 0) is 89.9 Å². The highest BCUT2D eigenvalue weighted by Crippen LogP contribution is 2.41. The van der Waals surface area contributed by atoms with Crippen LogP contribution in [0.1, 0.15) is 88.2 Å². The number of hydrogen-bond acceptors (Lipinski definition) is 1. The van der Waals surface area contributed by atoms with E-state index in [-0.39, 0.29) is 12.0 Å². The molecule has 2 saturated carbocycles. The molecule has 3 rings (SSSR count). The van der Waals surface area contributed by atoms with Crippen molar-refractivity contribution in [3.05, 3.63) is 34.9 Å². The molecular weight excluding hydrogens is 448 g/mol. The first-order valence-corrected chi connectivity index (χ1v) is 11.7. The van der Waals surface area contributed by atoms with Crippen LogP contribution in [0.5, 0.6) is 0 Å². The molecule has 0 saturated heterocycles. The monoisotopic (exact) mass is 478 g/mol. The summed E-state index contributed by atoms with van der Waals surface area (Å²) in [5, 5.41) is 0. The molecule has 0 heterocycles. The number of benzene rings is 1. The summed E-state index contributed by atoms with van der Waals surface area (Å²) in [6.45, 7) is 3.06. The second kappa shape index (κ2) is 10.1. The molecule has 0 N–H and O–H groups in total. The normalized spacial score (nSPS) is 28.5. The fourth-order valence-corrected chi connectivity index (χ4v) is 5.41. The van der Waals surface area contributed by atoms with Crippen LogP contribution in [0.4, 0.5) is 17.6 Å². The lowest BCUT2D eigenvalue weighted by Gasteiger charge is -2.32. The molecular formula is C23H31BrF4O. The lowest BCUT2D eigenvalue weighted by molar-refractivity contribution is -0.00481. The van der Waals surface area contributed by atoms with Crippen molar-refractivity contribution in [3.63, 3.8) is 0 Å². The number of halogens is 5. The van der Waals surface area contributed by atoms with Gasteiger partial charge in [-0.3, -0.25) is 0 Å². The van der Waals surface area contributed by atoms with E-state index in [0.29, 0.717) is 11.5 Å². The zero-order chi connectivity index (χ0) is 21.0. The highest BCUT2D eigenvalue weighted by molar-refractivity contribution is 9.09. The quantitative estimate of drug-likeness (QED) is 0.284. The van der Waals surface area contributed by atoms with E-state index in [1.165, 1.54) is 38.5 Å². The molecule has 0 radical (unpaired) electrons. The number of ether oxygens (including phenoxy) is 1. The molecule has 2 aliphatic rings. The molecule has 0 amide bonds. The van der Waals surface area contributed by atoms with E-state index in [0.717, 1.165) is 50.3 Å². The molecule has 29 heavy (non-hydrogen) atoms. The van der Waals surface area contributed by atoms with Crippen molar-refractivity contribution in [1.82, 2.24) is 0 Å². The van der Waals surface area contributed by atoms with Crippen molar-refractivity contribution in [1.29, 1.82) is 0 Å². The molecule has 2 aliphatic carbocycles. The Balaban J connectivity index is 1.46. The Hall–Kier alpha value is -0.620. The number of alkyl halides is 3. The summed E-state index contributed by atoms with van der Waals surface area (Å²) in [5.74, 6) is -0.856. The lowest BCUT2D eigenvalue weighted by atomic mass is 9.80. The van der Waals surface area contributed by atoms with Crippen molar-refractivity contribution in [2.75, 3.05) is 6.61 Å². The third kappa shape index (κ3) is 6.19. The fourth-order valence-electron chi connectivity index (χ4n) is 5.03. The van der Waals surface area contributed by atoms with E-state index < -0.39 is 22.0 Å². The Morgan fingerprint density at radius 1 is 0.931 bits per heavy atom. The SMILES string of the molecule is CCCC1CCC(COC2CCC(c3cc(F)c(C(F)(F)Br)c(F)c3)CC2)CC1. The van der Waals surface area contributed by atoms with Crippen LogP contribution in [0.3, 0.4) is 0 Å². The highest BCUT2D eigenvalue weighted by atomic mass is 79.9. The molecule has 0 aliphatic heterocycles. The summed E-state index contributed by atoms with van der Waals surface area (Å²) in [7, 11) is 0. The Morgan fingerprint density at radius 2 is 1.48 bits per heavy atom. The Bertz CT molecular complexity index is 636. The smallest absolute Gasteiger partial charge is 0.332 e. The first-order chi connectivity index (χ1) is 13.8. The molecule has 6 heteroatoms. The predicted molar refractivity (Wildman–Crippen MR) is 110 cm³/mol. The van der Waals surface area contributed by atoms with E-state index >= 15 is 0 Å². The van der Waals surface area contributed by atoms with E-state index in [1.807, 2.05) is 15.9 Å². The van der Waals surface area contributed by atoms with Gasteiger partial charge in [0.15, 0.2) is 0 Å². The molecule has 0 atom stereocenters. The zero-order valence-electron chi connectivity index (χ0n) is 17.0. The Morgan fingerprint density at radius 3 is 2.00 bits per heavy atom. The van der Waals surface area contributed by atoms with Crippen LogP contribution < -0.4 is 0 Å². The fraction of sp³-hybridized carbons (Fsp3) is 0.739. The van der Waals surface area contributed by atoms with Gasteiger partial charge in [0, 0.05) is 6.61 Å². The van der Waals surface area contributed by atoms with E-state index in [1.54, 1.807) is 0 Å². The molecule has 164 valence electrons. The van der Waals surface area contributed by atoms with Gasteiger partial charge in [-0.25, -0.2) is 8.78 Å². The molecule has 1 nitrogen and oxygen atoms in total. The van der Waals surface area contributed by atoms with Crippen molar-refractivity contribution >= 4 is 15.9 Å². The third-order valence-electron chi connectivity index (χ3n) is 6.72. The van der Waals surface area contributed by atoms with Gasteiger partial charge < -0.3 is 4.74 Å². The molecule has 0 aromatic heterocycles. The van der Waals surface area contributed by atoms with E-state index in [2.05, 4.69) is 6.92 Å². The summed E-state index contributed by atoms with van der Waals surface area (Å²) in [5.41, 5.74) is -0.750. The summed E-state index contributed by atoms with van der Waals surface area (Å²) in [6.07, 6.45) is 11.1. The second-order valence-electron chi connectivity index (χ2n) is 8.84. The topological polar surface area (TPSA) is 9.23 Å². The van der Waals surface area contributed by atoms with Gasteiger partial charge in [-0.1, -0.05) is 32.6 Å². The van der Waals surface area contributed by atoms with Crippen LogP contribution in [0.2, 0.25) is 0 Å². The first kappa shape index (κ1) is 23.1. The van der Waals surface area contributed by atoms with Crippen LogP contribution in [-0.2, 0) is 9.57 Å². The van der Waals surface area contributed by atoms with Crippen LogP contribution in [0.25, 0.3) is 0 Å². The minimum atomic E-state index is -3.71. The highest BCUT2D eigenvalue weighted by Gasteiger charge is 2.35. The molecule has 1 aromatic rings. The van der Waals surface area contributed by atoms with Gasteiger partial charge in [0.1, 0.15) is 17.2 Å². The number of rotatable bonds is 7. The van der Waals surface area contributed by atoms with Crippen LogP contribution in [0, 0.1) is 23.5 Å². The molecule has 0 spiro atoms. The molecule has 0 unspecified atom stereocenters. The Labute approximate surface area is 179 Å². The van der Waals surface area contributed by atoms with Gasteiger partial charge in [-0.15, -0.1) is 0 Å². The van der Waals surface area contributed by atoms with Gasteiger partial charge in [0.05, 0.1) is 6.10 Å². The summed E-state index contributed by atoms with van der Waals surface area (Å²) in [4.78, 5) is -3.71. The maximum Gasteiger partial charge on any atom is 0.332 e. The second-order valence-corrected chi connectivity index (χ2v) is 9.84. The lowest BCUT2D eigenvalue weighted by Crippen LogP contribution is -2.25. The third-order valence-corrected chi connectivity index (χ3v) is 7.12.